The number of amides is 1. The van der Waals surface area contributed by atoms with Crippen molar-refractivity contribution in [3.05, 3.63) is 64.8 Å². The van der Waals surface area contributed by atoms with Crippen LogP contribution in [0.4, 0.5) is 9.52 Å². The second-order valence-corrected chi connectivity index (χ2v) is 7.56. The predicted molar refractivity (Wildman–Crippen MR) is 112 cm³/mol. The Bertz CT molecular complexity index is 998. The quantitative estimate of drug-likeness (QED) is 0.513. The van der Waals surface area contributed by atoms with Gasteiger partial charge in [-0.25, -0.2) is 9.37 Å². The van der Waals surface area contributed by atoms with Crippen LogP contribution in [0.15, 0.2) is 48.5 Å². The average Bonchev–Trinajstić information content (AvgIpc) is 3.07. The zero-order valence-corrected chi connectivity index (χ0v) is 17.0. The predicted octanol–water partition coefficient (Wildman–Crippen LogP) is 5.26. The smallest absolute Gasteiger partial charge is 0.226 e. The summed E-state index contributed by atoms with van der Waals surface area (Å²) in [5, 5.41) is 3.20. The number of nitrogens with zero attached hydrogens (tertiary/aromatic N) is 1. The van der Waals surface area contributed by atoms with Gasteiger partial charge in [-0.3, -0.25) is 9.59 Å². The summed E-state index contributed by atoms with van der Waals surface area (Å²) in [7, 11) is 0. The molecule has 3 rings (SSSR count). The van der Waals surface area contributed by atoms with Crippen molar-refractivity contribution in [2.24, 2.45) is 0 Å². The third-order valence-electron chi connectivity index (χ3n) is 4.23. The van der Waals surface area contributed by atoms with Gasteiger partial charge in [-0.1, -0.05) is 0 Å². The highest BCUT2D eigenvalue weighted by Crippen LogP contribution is 2.30. The summed E-state index contributed by atoms with van der Waals surface area (Å²) in [5.74, 6) is 0.0134. The Hall–Kier alpha value is -3.06. The molecular weight excluding hydrogens is 391 g/mol. The van der Waals surface area contributed by atoms with E-state index in [0.717, 1.165) is 10.4 Å². The number of aromatic nitrogens is 1. The number of halogens is 1. The summed E-state index contributed by atoms with van der Waals surface area (Å²) in [4.78, 5) is 29.8. The van der Waals surface area contributed by atoms with Gasteiger partial charge in [-0.15, -0.1) is 11.3 Å². The molecule has 0 fully saturated rings. The second-order valence-electron chi connectivity index (χ2n) is 6.36. The minimum absolute atomic E-state index is 0.0660. The maximum absolute atomic E-state index is 13.1. The van der Waals surface area contributed by atoms with E-state index in [1.807, 2.05) is 13.8 Å². The van der Waals surface area contributed by atoms with Gasteiger partial charge in [-0.05, 0) is 62.4 Å². The van der Waals surface area contributed by atoms with Crippen LogP contribution in [0.3, 0.4) is 0 Å². The van der Waals surface area contributed by atoms with E-state index in [-0.39, 0.29) is 30.3 Å². The number of benzene rings is 2. The Balaban J connectivity index is 1.56. The highest BCUT2D eigenvalue weighted by Gasteiger charge is 2.14. The maximum atomic E-state index is 13.1. The lowest BCUT2D eigenvalue weighted by Crippen LogP contribution is -2.13. The molecule has 1 amide bonds. The highest BCUT2D eigenvalue weighted by molar-refractivity contribution is 7.16. The summed E-state index contributed by atoms with van der Waals surface area (Å²) >= 11 is 1.34. The molecule has 7 heteroatoms. The standard InChI is InChI=1S/C22H21FN2O3S/c1-3-28-18-10-6-15(7-11-18)19(26)12-13-20(27)24-22-25-21(14(2)29-22)16-4-8-17(23)9-5-16/h4-11H,3,12-13H2,1-2H3,(H,24,25,27). The van der Waals surface area contributed by atoms with Gasteiger partial charge in [-0.2, -0.15) is 0 Å². The molecule has 3 aromatic rings. The molecule has 1 N–H and O–H groups in total. The SMILES string of the molecule is CCOc1ccc(C(=O)CCC(=O)Nc2nc(-c3ccc(F)cc3)c(C)s2)cc1. The van der Waals surface area contributed by atoms with Crippen molar-refractivity contribution < 1.29 is 18.7 Å². The van der Waals surface area contributed by atoms with Gasteiger partial charge in [0.15, 0.2) is 10.9 Å². The molecule has 150 valence electrons. The topological polar surface area (TPSA) is 68.3 Å². The number of nitrogens with one attached hydrogen (secondary N) is 1. The lowest BCUT2D eigenvalue weighted by atomic mass is 10.1. The van der Waals surface area contributed by atoms with Crippen LogP contribution in [0.25, 0.3) is 11.3 Å². The van der Waals surface area contributed by atoms with Gasteiger partial charge in [0.1, 0.15) is 11.6 Å². The number of thiazole rings is 1. The van der Waals surface area contributed by atoms with Gasteiger partial charge in [0.2, 0.25) is 5.91 Å². The number of hydrogen-bond acceptors (Lipinski definition) is 5. The molecule has 0 radical (unpaired) electrons. The number of aryl methyl sites for hydroxylation is 1. The maximum Gasteiger partial charge on any atom is 0.226 e. The molecule has 0 spiro atoms. The number of ether oxygens (including phenoxy) is 1. The van der Waals surface area contributed by atoms with Crippen LogP contribution in [0.5, 0.6) is 5.75 Å². The lowest BCUT2D eigenvalue weighted by Gasteiger charge is -2.05. The fourth-order valence-electron chi connectivity index (χ4n) is 2.78. The summed E-state index contributed by atoms with van der Waals surface area (Å²) < 4.78 is 18.5. The fourth-order valence-corrected chi connectivity index (χ4v) is 3.63. The van der Waals surface area contributed by atoms with Crippen molar-refractivity contribution >= 4 is 28.2 Å². The molecule has 0 aliphatic carbocycles. The van der Waals surface area contributed by atoms with Crippen LogP contribution in [-0.2, 0) is 4.79 Å². The molecule has 0 unspecified atom stereocenters. The molecule has 0 aliphatic heterocycles. The summed E-state index contributed by atoms with van der Waals surface area (Å²) in [6, 6.07) is 12.9. The minimum atomic E-state index is -0.313. The Morgan fingerprint density at radius 2 is 1.76 bits per heavy atom. The molecule has 0 atom stereocenters. The van der Waals surface area contributed by atoms with E-state index in [4.69, 9.17) is 4.74 Å². The molecule has 1 aromatic heterocycles. The first-order valence-corrected chi connectivity index (χ1v) is 10.1. The molecule has 1 heterocycles. The zero-order valence-electron chi connectivity index (χ0n) is 16.2. The minimum Gasteiger partial charge on any atom is -0.494 e. The van der Waals surface area contributed by atoms with Gasteiger partial charge in [0, 0.05) is 28.8 Å². The molecule has 5 nitrogen and oxygen atoms in total. The zero-order chi connectivity index (χ0) is 20.8. The number of Topliss-reactive ketones (excluding diaryl/α,β-unsaturated/α-hetero) is 1. The Kier molecular flexibility index (Phi) is 6.72. The van der Waals surface area contributed by atoms with Crippen molar-refractivity contribution in [3.63, 3.8) is 0 Å². The first kappa shape index (κ1) is 20.7. The van der Waals surface area contributed by atoms with Crippen LogP contribution >= 0.6 is 11.3 Å². The fraction of sp³-hybridized carbons (Fsp3) is 0.227. The van der Waals surface area contributed by atoms with E-state index in [9.17, 15) is 14.0 Å². The normalized spacial score (nSPS) is 10.6. The van der Waals surface area contributed by atoms with Crippen LogP contribution in [0.1, 0.15) is 35.0 Å². The molecule has 0 aliphatic rings. The van der Waals surface area contributed by atoms with Crippen molar-refractivity contribution in [2.75, 3.05) is 11.9 Å². The Labute approximate surface area is 172 Å². The largest absolute Gasteiger partial charge is 0.494 e. The molecule has 0 saturated carbocycles. The lowest BCUT2D eigenvalue weighted by molar-refractivity contribution is -0.116. The third-order valence-corrected chi connectivity index (χ3v) is 5.11. The Morgan fingerprint density at radius 3 is 2.41 bits per heavy atom. The summed E-state index contributed by atoms with van der Waals surface area (Å²) in [6.45, 7) is 4.35. The average molecular weight is 412 g/mol. The molecule has 2 aromatic carbocycles. The van der Waals surface area contributed by atoms with Crippen LogP contribution < -0.4 is 10.1 Å². The number of carbonyl (C=O) groups excluding carboxylic acids is 2. The monoisotopic (exact) mass is 412 g/mol. The summed E-state index contributed by atoms with van der Waals surface area (Å²) in [6.07, 6.45) is 0.172. The molecule has 0 saturated heterocycles. The second kappa shape index (κ2) is 9.43. The number of rotatable bonds is 8. The molecule has 0 bridgehead atoms. The van der Waals surface area contributed by atoms with Crippen molar-refractivity contribution in [1.29, 1.82) is 0 Å². The van der Waals surface area contributed by atoms with Crippen molar-refractivity contribution in [2.45, 2.75) is 26.7 Å². The van der Waals surface area contributed by atoms with Crippen LogP contribution in [-0.4, -0.2) is 23.3 Å². The first-order chi connectivity index (χ1) is 14.0. The van der Waals surface area contributed by atoms with Crippen molar-refractivity contribution in [1.82, 2.24) is 4.98 Å². The van der Waals surface area contributed by atoms with Gasteiger partial charge >= 0.3 is 0 Å². The van der Waals surface area contributed by atoms with Crippen LogP contribution in [0, 0.1) is 12.7 Å². The third kappa shape index (κ3) is 5.48. The van der Waals surface area contributed by atoms with E-state index >= 15 is 0 Å². The van der Waals surface area contributed by atoms with E-state index in [0.29, 0.717) is 28.7 Å². The number of anilines is 1. The van der Waals surface area contributed by atoms with Crippen molar-refractivity contribution in [3.8, 4) is 17.0 Å². The molecular formula is C22H21FN2O3S. The van der Waals surface area contributed by atoms with E-state index in [1.165, 1.54) is 23.5 Å². The van der Waals surface area contributed by atoms with E-state index in [1.54, 1.807) is 36.4 Å². The highest BCUT2D eigenvalue weighted by atomic mass is 32.1. The van der Waals surface area contributed by atoms with Crippen LogP contribution in [0.2, 0.25) is 0 Å². The van der Waals surface area contributed by atoms with Gasteiger partial charge < -0.3 is 10.1 Å². The molecule has 29 heavy (non-hydrogen) atoms. The summed E-state index contributed by atoms with van der Waals surface area (Å²) in [5.41, 5.74) is 2.03. The van der Waals surface area contributed by atoms with Gasteiger partial charge in [0.05, 0.1) is 12.3 Å². The first-order valence-electron chi connectivity index (χ1n) is 9.25. The number of carbonyl (C=O) groups is 2. The van der Waals surface area contributed by atoms with E-state index in [2.05, 4.69) is 10.3 Å². The Morgan fingerprint density at radius 1 is 1.07 bits per heavy atom. The number of ketones is 1. The van der Waals surface area contributed by atoms with E-state index < -0.39 is 0 Å². The number of hydrogen-bond donors (Lipinski definition) is 1. The van der Waals surface area contributed by atoms with Gasteiger partial charge in [0.25, 0.3) is 0 Å².